The first-order chi connectivity index (χ1) is 12.3. The van der Waals surface area contributed by atoms with Gasteiger partial charge in [0.25, 0.3) is 0 Å². The summed E-state index contributed by atoms with van der Waals surface area (Å²) < 4.78 is 0. The Kier molecular flexibility index (Phi) is 5.32. The Bertz CT molecular complexity index is 793. The van der Waals surface area contributed by atoms with Crippen LogP contribution in [0.2, 0.25) is 0 Å². The molecule has 0 radical (unpaired) electrons. The van der Waals surface area contributed by atoms with Crippen molar-refractivity contribution in [1.29, 1.82) is 0 Å². The zero-order chi connectivity index (χ0) is 17.5. The van der Waals surface area contributed by atoms with Crippen LogP contribution in [0.25, 0.3) is 6.08 Å². The van der Waals surface area contributed by atoms with Crippen LogP contribution >= 0.6 is 0 Å². The molecule has 0 bridgehead atoms. The summed E-state index contributed by atoms with van der Waals surface area (Å²) in [6, 6.07) is 19.2. The van der Waals surface area contributed by atoms with Gasteiger partial charge in [0.2, 0.25) is 5.91 Å². The van der Waals surface area contributed by atoms with E-state index in [1.165, 1.54) is 0 Å². The number of aromatic nitrogens is 2. The van der Waals surface area contributed by atoms with Crippen molar-refractivity contribution < 1.29 is 4.79 Å². The molecule has 0 fully saturated rings. The van der Waals surface area contributed by atoms with Gasteiger partial charge in [-0.15, -0.1) is 0 Å². The first kappa shape index (κ1) is 16.6. The molecule has 4 heteroatoms. The molecule has 2 heterocycles. The highest BCUT2D eigenvalue weighted by molar-refractivity contribution is 5.92. The van der Waals surface area contributed by atoms with Crippen LogP contribution in [0.5, 0.6) is 0 Å². The summed E-state index contributed by atoms with van der Waals surface area (Å²) in [6.07, 6.45) is 8.51. The molecule has 0 N–H and O–H groups in total. The van der Waals surface area contributed by atoms with Crippen molar-refractivity contribution in [3.05, 3.63) is 102 Å². The molecule has 0 unspecified atom stereocenters. The van der Waals surface area contributed by atoms with E-state index in [1.54, 1.807) is 42.7 Å². The average molecular weight is 329 g/mol. The van der Waals surface area contributed by atoms with Gasteiger partial charge in [-0.2, -0.15) is 0 Å². The second-order valence-electron chi connectivity index (χ2n) is 5.64. The predicted octanol–water partition coefficient (Wildman–Crippen LogP) is 3.74. The highest BCUT2D eigenvalue weighted by Crippen LogP contribution is 2.26. The third kappa shape index (κ3) is 4.18. The van der Waals surface area contributed by atoms with E-state index in [0.29, 0.717) is 0 Å². The molecule has 1 aromatic carbocycles. The van der Waals surface area contributed by atoms with Gasteiger partial charge >= 0.3 is 0 Å². The molecule has 4 nitrogen and oxygen atoms in total. The summed E-state index contributed by atoms with van der Waals surface area (Å²) in [5, 5.41) is 0. The molecule has 3 aromatic rings. The third-order valence-corrected chi connectivity index (χ3v) is 3.92. The average Bonchev–Trinajstić information content (AvgIpc) is 2.69. The molecular weight excluding hydrogens is 310 g/mol. The van der Waals surface area contributed by atoms with Crippen LogP contribution in [-0.2, 0) is 4.79 Å². The van der Waals surface area contributed by atoms with Gasteiger partial charge in [-0.3, -0.25) is 14.8 Å². The highest BCUT2D eigenvalue weighted by atomic mass is 16.2. The largest absolute Gasteiger partial charge is 0.329 e. The van der Waals surface area contributed by atoms with Gasteiger partial charge in [0.05, 0.1) is 11.7 Å². The number of rotatable bonds is 5. The lowest BCUT2D eigenvalue weighted by Crippen LogP contribution is -2.31. The Hall–Kier alpha value is -3.27. The van der Waals surface area contributed by atoms with Gasteiger partial charge in [-0.05, 0) is 35.4 Å². The van der Waals surface area contributed by atoms with E-state index in [1.807, 2.05) is 60.7 Å². The molecule has 0 spiro atoms. The molecule has 124 valence electrons. The van der Waals surface area contributed by atoms with E-state index in [2.05, 4.69) is 9.97 Å². The van der Waals surface area contributed by atoms with Crippen LogP contribution in [0.1, 0.15) is 22.9 Å². The molecule has 25 heavy (non-hydrogen) atoms. The minimum Gasteiger partial charge on any atom is -0.329 e. The molecule has 0 saturated carbocycles. The van der Waals surface area contributed by atoms with E-state index in [9.17, 15) is 4.79 Å². The number of hydrogen-bond acceptors (Lipinski definition) is 3. The Morgan fingerprint density at radius 3 is 2.48 bits per heavy atom. The lowest BCUT2D eigenvalue weighted by Gasteiger charge is -2.27. The van der Waals surface area contributed by atoms with Crippen molar-refractivity contribution >= 4 is 12.0 Å². The summed E-state index contributed by atoms with van der Waals surface area (Å²) in [5.74, 6) is -0.0941. The van der Waals surface area contributed by atoms with Crippen molar-refractivity contribution in [2.45, 2.75) is 6.04 Å². The molecule has 1 atom stereocenters. The summed E-state index contributed by atoms with van der Waals surface area (Å²) in [6.45, 7) is 0. The van der Waals surface area contributed by atoms with Crippen LogP contribution in [0, 0.1) is 0 Å². The summed E-state index contributed by atoms with van der Waals surface area (Å²) in [4.78, 5) is 22.9. The number of carbonyl (C=O) groups excluding carboxylic acids is 1. The minimum absolute atomic E-state index is 0.0941. The van der Waals surface area contributed by atoms with Gasteiger partial charge in [0, 0.05) is 31.7 Å². The van der Waals surface area contributed by atoms with Crippen molar-refractivity contribution in [3.63, 3.8) is 0 Å². The zero-order valence-corrected chi connectivity index (χ0v) is 14.0. The molecule has 0 aliphatic carbocycles. The lowest BCUT2D eigenvalue weighted by molar-refractivity contribution is -0.126. The van der Waals surface area contributed by atoms with Crippen LogP contribution in [0.3, 0.4) is 0 Å². The monoisotopic (exact) mass is 329 g/mol. The fourth-order valence-electron chi connectivity index (χ4n) is 2.65. The summed E-state index contributed by atoms with van der Waals surface area (Å²) in [5.41, 5.74) is 2.74. The van der Waals surface area contributed by atoms with Gasteiger partial charge in [0.1, 0.15) is 0 Å². The maximum absolute atomic E-state index is 12.7. The topological polar surface area (TPSA) is 46.1 Å². The maximum Gasteiger partial charge on any atom is 0.247 e. The smallest absolute Gasteiger partial charge is 0.247 e. The lowest BCUT2D eigenvalue weighted by atomic mass is 10.0. The molecule has 0 aliphatic rings. The van der Waals surface area contributed by atoms with Crippen molar-refractivity contribution in [3.8, 4) is 0 Å². The number of benzene rings is 1. The molecule has 1 amide bonds. The fourth-order valence-corrected chi connectivity index (χ4v) is 2.65. The Morgan fingerprint density at radius 1 is 1.00 bits per heavy atom. The standard InChI is InChI=1S/C21H19N3O/c1-24(20(25)13-12-17-8-7-14-22-16-17)21(18-9-3-2-4-10-18)19-11-5-6-15-23-19/h2-16,21H,1H3/b13-12-/t21-/m1/s1. The number of nitrogens with zero attached hydrogens (tertiary/aromatic N) is 3. The highest BCUT2D eigenvalue weighted by Gasteiger charge is 2.23. The van der Waals surface area contributed by atoms with Gasteiger partial charge in [-0.25, -0.2) is 0 Å². The van der Waals surface area contributed by atoms with Crippen molar-refractivity contribution in [1.82, 2.24) is 14.9 Å². The summed E-state index contributed by atoms with van der Waals surface area (Å²) in [7, 11) is 1.79. The first-order valence-corrected chi connectivity index (χ1v) is 8.06. The molecule has 0 aliphatic heterocycles. The van der Waals surface area contributed by atoms with E-state index in [-0.39, 0.29) is 11.9 Å². The quantitative estimate of drug-likeness (QED) is 0.670. The second-order valence-corrected chi connectivity index (χ2v) is 5.64. The number of likely N-dealkylation sites (N-methyl/N-ethyl adjacent to an activating group) is 1. The SMILES string of the molecule is CN(C(=O)/C=C\c1cccnc1)[C@H](c1ccccc1)c1ccccn1. The van der Waals surface area contributed by atoms with Gasteiger partial charge in [-0.1, -0.05) is 42.5 Å². The zero-order valence-electron chi connectivity index (χ0n) is 14.0. The van der Waals surface area contributed by atoms with E-state index >= 15 is 0 Å². The normalized spacial score (nSPS) is 12.0. The Balaban J connectivity index is 1.88. The van der Waals surface area contributed by atoms with Crippen LogP contribution < -0.4 is 0 Å². The predicted molar refractivity (Wildman–Crippen MR) is 98.6 cm³/mol. The Morgan fingerprint density at radius 2 is 1.80 bits per heavy atom. The minimum atomic E-state index is -0.242. The Labute approximate surface area is 147 Å². The van der Waals surface area contributed by atoms with Crippen LogP contribution in [0.4, 0.5) is 0 Å². The molecule has 3 rings (SSSR count). The number of amides is 1. The number of pyridine rings is 2. The van der Waals surface area contributed by atoms with Gasteiger partial charge < -0.3 is 4.90 Å². The number of hydrogen-bond donors (Lipinski definition) is 0. The van der Waals surface area contributed by atoms with Crippen LogP contribution in [0.15, 0.2) is 85.3 Å². The maximum atomic E-state index is 12.7. The molecular formula is C21H19N3O. The fraction of sp³-hybridized carbons (Fsp3) is 0.0952. The molecule has 0 saturated heterocycles. The first-order valence-electron chi connectivity index (χ1n) is 8.06. The molecule has 2 aromatic heterocycles. The van der Waals surface area contributed by atoms with E-state index in [4.69, 9.17) is 0 Å². The van der Waals surface area contributed by atoms with Crippen LogP contribution in [-0.4, -0.2) is 27.8 Å². The van der Waals surface area contributed by atoms with Crippen molar-refractivity contribution in [2.24, 2.45) is 0 Å². The number of carbonyl (C=O) groups is 1. The van der Waals surface area contributed by atoms with Gasteiger partial charge in [0.15, 0.2) is 0 Å². The van der Waals surface area contributed by atoms with E-state index < -0.39 is 0 Å². The summed E-state index contributed by atoms with van der Waals surface area (Å²) >= 11 is 0. The van der Waals surface area contributed by atoms with Crippen molar-refractivity contribution in [2.75, 3.05) is 7.05 Å². The van der Waals surface area contributed by atoms with E-state index in [0.717, 1.165) is 16.8 Å². The second kappa shape index (κ2) is 8.02. The third-order valence-electron chi connectivity index (χ3n) is 3.92.